The van der Waals surface area contributed by atoms with Crippen molar-refractivity contribution in [3.05, 3.63) is 71.9 Å². The number of aryl methyl sites for hydroxylation is 2. The van der Waals surface area contributed by atoms with Gasteiger partial charge in [0, 0.05) is 31.6 Å². The van der Waals surface area contributed by atoms with E-state index in [1.165, 1.54) is 5.56 Å². The lowest BCUT2D eigenvalue weighted by Gasteiger charge is -2.33. The number of benzene rings is 2. The monoisotopic (exact) mass is 541 g/mol. The molecule has 0 radical (unpaired) electrons. The number of likely N-dealkylation sites (tertiary alicyclic amines) is 1. The molecule has 8 heteroatoms. The first-order chi connectivity index (χ1) is 19.3. The van der Waals surface area contributed by atoms with Crippen LogP contribution in [0.4, 0.5) is 4.79 Å². The van der Waals surface area contributed by atoms with Crippen molar-refractivity contribution in [2.75, 3.05) is 19.7 Å². The van der Waals surface area contributed by atoms with Crippen molar-refractivity contribution in [3.63, 3.8) is 0 Å². The van der Waals surface area contributed by atoms with Crippen molar-refractivity contribution in [1.29, 1.82) is 0 Å². The van der Waals surface area contributed by atoms with Gasteiger partial charge in [-0.2, -0.15) is 9.97 Å². The van der Waals surface area contributed by atoms with E-state index in [4.69, 9.17) is 19.4 Å². The number of carbonyl (C=O) groups is 1. The average molecular weight is 542 g/mol. The number of aromatic nitrogens is 4. The Kier molecular flexibility index (Phi) is 8.33. The molecule has 0 atom stereocenters. The minimum absolute atomic E-state index is 0.218. The normalized spacial score (nSPS) is 14.4. The number of amides is 1. The molecule has 40 heavy (non-hydrogen) atoms. The largest absolute Gasteiger partial charge is 0.463 e. The van der Waals surface area contributed by atoms with Crippen LogP contribution in [0.25, 0.3) is 22.6 Å². The predicted molar refractivity (Wildman–Crippen MR) is 156 cm³/mol. The van der Waals surface area contributed by atoms with E-state index in [2.05, 4.69) is 33.8 Å². The molecule has 0 aliphatic carbocycles. The summed E-state index contributed by atoms with van der Waals surface area (Å²) >= 11 is 0. The molecule has 4 aromatic rings. The van der Waals surface area contributed by atoms with Crippen molar-refractivity contribution in [2.24, 2.45) is 5.92 Å². The van der Waals surface area contributed by atoms with E-state index < -0.39 is 5.60 Å². The molecule has 1 aliphatic rings. The number of ether oxygens (including phenoxy) is 2. The van der Waals surface area contributed by atoms with Gasteiger partial charge in [0.25, 0.3) is 0 Å². The summed E-state index contributed by atoms with van der Waals surface area (Å²) in [5, 5.41) is 0. The summed E-state index contributed by atoms with van der Waals surface area (Å²) in [6, 6.07) is 20.9. The molecule has 1 fully saturated rings. The molecule has 0 bridgehead atoms. The maximum Gasteiger partial charge on any atom is 0.410 e. The van der Waals surface area contributed by atoms with E-state index in [1.54, 1.807) is 0 Å². The van der Waals surface area contributed by atoms with Crippen LogP contribution in [0.5, 0.6) is 6.01 Å². The SMILES string of the molecule is Cc1nc(OCCc2ccccc2)nc2c1nc(-c1ccccc1)n2CCC1CCN(C(=O)OC(C)(C)C)CC1. The van der Waals surface area contributed by atoms with E-state index in [0.717, 1.165) is 73.6 Å². The zero-order valence-corrected chi connectivity index (χ0v) is 24.0. The summed E-state index contributed by atoms with van der Waals surface area (Å²) in [5.41, 5.74) is 4.19. The van der Waals surface area contributed by atoms with Crippen LogP contribution in [-0.4, -0.2) is 55.8 Å². The Morgan fingerprint density at radius 2 is 1.62 bits per heavy atom. The summed E-state index contributed by atoms with van der Waals surface area (Å²) in [6.45, 7) is 10.4. The number of piperidine rings is 1. The van der Waals surface area contributed by atoms with E-state index in [0.29, 0.717) is 18.5 Å². The van der Waals surface area contributed by atoms with Gasteiger partial charge >= 0.3 is 12.1 Å². The Balaban J connectivity index is 1.32. The highest BCUT2D eigenvalue weighted by Gasteiger charge is 2.27. The predicted octanol–water partition coefficient (Wildman–Crippen LogP) is 6.46. The maximum atomic E-state index is 12.5. The van der Waals surface area contributed by atoms with E-state index in [-0.39, 0.29) is 6.09 Å². The van der Waals surface area contributed by atoms with Crippen LogP contribution in [-0.2, 0) is 17.7 Å². The molecule has 1 amide bonds. The molecule has 1 aliphatic heterocycles. The average Bonchev–Trinajstić information content (AvgIpc) is 3.31. The van der Waals surface area contributed by atoms with Crippen molar-refractivity contribution in [2.45, 2.75) is 65.5 Å². The van der Waals surface area contributed by atoms with Gasteiger partial charge in [-0.15, -0.1) is 0 Å². The third-order valence-electron chi connectivity index (χ3n) is 7.27. The van der Waals surface area contributed by atoms with Gasteiger partial charge in [-0.1, -0.05) is 60.7 Å². The summed E-state index contributed by atoms with van der Waals surface area (Å²) in [4.78, 5) is 28.8. The molecule has 8 nitrogen and oxygen atoms in total. The molecule has 2 aromatic carbocycles. The molecule has 2 aromatic heterocycles. The van der Waals surface area contributed by atoms with Crippen molar-refractivity contribution >= 4 is 17.3 Å². The molecule has 0 saturated carbocycles. The minimum atomic E-state index is -0.478. The number of hydrogen-bond acceptors (Lipinski definition) is 6. The number of hydrogen-bond donors (Lipinski definition) is 0. The van der Waals surface area contributed by atoms with Gasteiger partial charge in [0.15, 0.2) is 5.65 Å². The maximum absolute atomic E-state index is 12.5. The second kappa shape index (κ2) is 12.1. The Morgan fingerprint density at radius 1 is 0.950 bits per heavy atom. The van der Waals surface area contributed by atoms with Crippen LogP contribution < -0.4 is 4.74 Å². The molecule has 5 rings (SSSR count). The van der Waals surface area contributed by atoms with Crippen LogP contribution in [0.3, 0.4) is 0 Å². The minimum Gasteiger partial charge on any atom is -0.463 e. The summed E-state index contributed by atoms with van der Waals surface area (Å²) in [7, 11) is 0. The lowest BCUT2D eigenvalue weighted by atomic mass is 9.93. The fourth-order valence-corrected chi connectivity index (χ4v) is 5.14. The molecular weight excluding hydrogens is 502 g/mol. The van der Waals surface area contributed by atoms with Crippen LogP contribution >= 0.6 is 0 Å². The fraction of sp³-hybridized carbons (Fsp3) is 0.438. The fourth-order valence-electron chi connectivity index (χ4n) is 5.14. The lowest BCUT2D eigenvalue weighted by Crippen LogP contribution is -2.41. The molecule has 1 saturated heterocycles. The molecule has 210 valence electrons. The number of rotatable bonds is 8. The molecule has 0 unspecified atom stereocenters. The zero-order chi connectivity index (χ0) is 28.1. The molecule has 0 N–H and O–H groups in total. The Morgan fingerprint density at radius 3 is 2.30 bits per heavy atom. The Bertz CT molecular complexity index is 1420. The second-order valence-electron chi connectivity index (χ2n) is 11.5. The first-order valence-corrected chi connectivity index (χ1v) is 14.2. The first-order valence-electron chi connectivity index (χ1n) is 14.2. The van der Waals surface area contributed by atoms with Gasteiger partial charge in [0.2, 0.25) is 0 Å². The van der Waals surface area contributed by atoms with Crippen LogP contribution in [0.15, 0.2) is 60.7 Å². The smallest absolute Gasteiger partial charge is 0.410 e. The number of nitrogens with zero attached hydrogens (tertiary/aromatic N) is 5. The van der Waals surface area contributed by atoms with Gasteiger partial charge < -0.3 is 18.9 Å². The Hall–Kier alpha value is -3.94. The Labute approximate surface area is 236 Å². The highest BCUT2D eigenvalue weighted by atomic mass is 16.6. The highest BCUT2D eigenvalue weighted by molar-refractivity contribution is 5.79. The highest BCUT2D eigenvalue weighted by Crippen LogP contribution is 2.29. The van der Waals surface area contributed by atoms with Gasteiger partial charge in [0.05, 0.1) is 12.3 Å². The van der Waals surface area contributed by atoms with Gasteiger partial charge in [-0.05, 0) is 58.4 Å². The summed E-state index contributed by atoms with van der Waals surface area (Å²) < 4.78 is 13.8. The van der Waals surface area contributed by atoms with E-state index in [9.17, 15) is 4.79 Å². The van der Waals surface area contributed by atoms with Gasteiger partial charge in [-0.25, -0.2) is 9.78 Å². The van der Waals surface area contributed by atoms with Crippen LogP contribution in [0, 0.1) is 12.8 Å². The van der Waals surface area contributed by atoms with Crippen molar-refractivity contribution < 1.29 is 14.3 Å². The quantitative estimate of drug-likeness (QED) is 0.255. The molecule has 0 spiro atoms. The van der Waals surface area contributed by atoms with Gasteiger partial charge in [0.1, 0.15) is 16.9 Å². The van der Waals surface area contributed by atoms with Crippen molar-refractivity contribution in [3.8, 4) is 17.4 Å². The number of carbonyl (C=O) groups excluding carboxylic acids is 1. The lowest BCUT2D eigenvalue weighted by molar-refractivity contribution is 0.0180. The number of imidazole rings is 1. The van der Waals surface area contributed by atoms with Gasteiger partial charge in [-0.3, -0.25) is 0 Å². The topological polar surface area (TPSA) is 82.4 Å². The van der Waals surface area contributed by atoms with Crippen molar-refractivity contribution in [1.82, 2.24) is 24.4 Å². The number of fused-ring (bicyclic) bond motifs is 1. The second-order valence-corrected chi connectivity index (χ2v) is 11.5. The third-order valence-corrected chi connectivity index (χ3v) is 7.27. The van der Waals surface area contributed by atoms with E-state index >= 15 is 0 Å². The summed E-state index contributed by atoms with van der Waals surface area (Å²) in [5.74, 6) is 1.39. The molecule has 3 heterocycles. The standard InChI is InChI=1S/C32H39N5O3/c1-23-27-29(35-30(33-23)39-22-18-24-11-7-5-8-12-24)37(28(34-27)26-13-9-6-10-14-26)21-17-25-15-19-36(20-16-25)31(38)40-32(2,3)4/h5-14,25H,15-22H2,1-4H3. The zero-order valence-electron chi connectivity index (χ0n) is 24.0. The van der Waals surface area contributed by atoms with E-state index in [1.807, 2.05) is 69.0 Å². The molecular formula is C32H39N5O3. The first kappa shape index (κ1) is 27.6. The summed E-state index contributed by atoms with van der Waals surface area (Å²) in [6.07, 6.45) is 3.45. The third kappa shape index (κ3) is 6.79. The van der Waals surface area contributed by atoms with Crippen LogP contribution in [0.2, 0.25) is 0 Å². The van der Waals surface area contributed by atoms with Crippen LogP contribution in [0.1, 0.15) is 51.3 Å².